The number of pyridine rings is 1. The molecule has 3 aromatic rings. The fourth-order valence-corrected chi connectivity index (χ4v) is 4.22. The van der Waals surface area contributed by atoms with E-state index in [1.165, 1.54) is 5.56 Å². The number of nitrogens with zero attached hydrogens (tertiary/aromatic N) is 1. The van der Waals surface area contributed by atoms with E-state index in [1.807, 2.05) is 72.9 Å². The van der Waals surface area contributed by atoms with E-state index in [-0.39, 0.29) is 11.9 Å². The first kappa shape index (κ1) is 27.7. The summed E-state index contributed by atoms with van der Waals surface area (Å²) in [5.74, 6) is 1.53. The van der Waals surface area contributed by atoms with Crippen molar-refractivity contribution in [2.24, 2.45) is 0 Å². The molecule has 194 valence electrons. The fraction of sp³-hybridized carbons (Fsp3) is 0.312. The van der Waals surface area contributed by atoms with E-state index < -0.39 is 0 Å². The quantitative estimate of drug-likeness (QED) is 0.196. The molecule has 1 aromatic heterocycles. The van der Waals surface area contributed by atoms with Gasteiger partial charge in [0.25, 0.3) is 0 Å². The predicted molar refractivity (Wildman–Crippen MR) is 151 cm³/mol. The zero-order chi connectivity index (χ0) is 26.3. The summed E-state index contributed by atoms with van der Waals surface area (Å²) in [6.45, 7) is 2.18. The molecule has 5 nitrogen and oxygen atoms in total. The average molecular weight is 499 g/mol. The molecule has 0 saturated carbocycles. The number of benzene rings is 2. The average Bonchev–Trinajstić information content (AvgIpc) is 2.95. The van der Waals surface area contributed by atoms with Crippen molar-refractivity contribution in [3.8, 4) is 11.5 Å². The molecular formula is C32H38N2O3. The van der Waals surface area contributed by atoms with Gasteiger partial charge in [0.05, 0.1) is 14.2 Å². The summed E-state index contributed by atoms with van der Waals surface area (Å²) < 4.78 is 10.6. The summed E-state index contributed by atoms with van der Waals surface area (Å²) in [5, 5.41) is 3.22. The number of amides is 1. The van der Waals surface area contributed by atoms with Crippen molar-refractivity contribution in [1.29, 1.82) is 0 Å². The molecule has 0 saturated heterocycles. The van der Waals surface area contributed by atoms with Gasteiger partial charge in [-0.25, -0.2) is 0 Å². The molecule has 5 heteroatoms. The second-order valence-electron chi connectivity index (χ2n) is 9.00. The Hall–Kier alpha value is -3.86. The monoisotopic (exact) mass is 498 g/mol. The van der Waals surface area contributed by atoms with Gasteiger partial charge in [0, 0.05) is 24.5 Å². The van der Waals surface area contributed by atoms with Crippen LogP contribution in [-0.2, 0) is 11.2 Å². The largest absolute Gasteiger partial charge is 0.497 e. The Morgan fingerprint density at radius 1 is 0.919 bits per heavy atom. The third-order valence-electron chi connectivity index (χ3n) is 6.31. The van der Waals surface area contributed by atoms with Crippen LogP contribution in [0, 0.1) is 0 Å². The summed E-state index contributed by atoms with van der Waals surface area (Å²) in [5.41, 5.74) is 4.31. The van der Waals surface area contributed by atoms with Crippen molar-refractivity contribution in [3.05, 3.63) is 108 Å². The van der Waals surface area contributed by atoms with Gasteiger partial charge in [0.1, 0.15) is 11.5 Å². The highest BCUT2D eigenvalue weighted by Gasteiger charge is 2.11. The van der Waals surface area contributed by atoms with E-state index in [1.54, 1.807) is 26.5 Å². The molecule has 1 atom stereocenters. The van der Waals surface area contributed by atoms with Gasteiger partial charge in [-0.3, -0.25) is 9.78 Å². The van der Waals surface area contributed by atoms with Gasteiger partial charge in [-0.1, -0.05) is 62.2 Å². The van der Waals surface area contributed by atoms with Crippen LogP contribution in [0.3, 0.4) is 0 Å². The van der Waals surface area contributed by atoms with Crippen LogP contribution >= 0.6 is 0 Å². The molecule has 0 aliphatic carbocycles. The van der Waals surface area contributed by atoms with Crippen molar-refractivity contribution >= 4 is 11.5 Å². The summed E-state index contributed by atoms with van der Waals surface area (Å²) in [6.07, 6.45) is 15.3. The lowest BCUT2D eigenvalue weighted by atomic mass is 9.97. The lowest BCUT2D eigenvalue weighted by molar-refractivity contribution is -0.117. The normalized spacial score (nSPS) is 11.6. The number of allylic oxidation sites excluding steroid dienone is 2. The van der Waals surface area contributed by atoms with E-state index in [9.17, 15) is 4.79 Å². The molecule has 0 fully saturated rings. The molecule has 1 N–H and O–H groups in total. The minimum absolute atomic E-state index is 0.0671. The third-order valence-corrected chi connectivity index (χ3v) is 6.31. The number of aryl methyl sites for hydroxylation is 1. The van der Waals surface area contributed by atoms with Crippen LogP contribution in [0.15, 0.2) is 91.3 Å². The maximum absolute atomic E-state index is 12.8. The molecule has 0 bridgehead atoms. The van der Waals surface area contributed by atoms with Crippen molar-refractivity contribution < 1.29 is 14.3 Å². The second kappa shape index (κ2) is 15.3. The number of rotatable bonds is 14. The second-order valence-corrected chi connectivity index (χ2v) is 9.00. The first-order chi connectivity index (χ1) is 18.1. The Bertz CT molecular complexity index is 1090. The van der Waals surface area contributed by atoms with Crippen molar-refractivity contribution in [1.82, 2.24) is 10.3 Å². The number of hydrogen-bond acceptors (Lipinski definition) is 4. The van der Waals surface area contributed by atoms with Crippen LogP contribution in [0.2, 0.25) is 0 Å². The molecular weight excluding hydrogens is 460 g/mol. The molecule has 37 heavy (non-hydrogen) atoms. The standard InChI is InChI=1S/C32H38N2O3/c1-4-5-11-28(12-6-9-25-10-8-23-33-24-25)34-32(35)14-7-13-31(26-15-19-29(36-2)20-16-26)27-17-21-30(37-3)22-18-27/h7-8,10,13-24,28H,4-6,9,11-12H2,1-3H3,(H,34,35)/t28-/m1/s1. The van der Waals surface area contributed by atoms with E-state index in [0.717, 1.165) is 66.7 Å². The first-order valence-corrected chi connectivity index (χ1v) is 13.0. The number of carbonyl (C=O) groups is 1. The Kier molecular flexibility index (Phi) is 11.5. The number of hydrogen-bond donors (Lipinski definition) is 1. The Labute approximate surface area is 221 Å². The van der Waals surface area contributed by atoms with Crippen LogP contribution in [0.5, 0.6) is 11.5 Å². The Morgan fingerprint density at radius 2 is 1.54 bits per heavy atom. The maximum Gasteiger partial charge on any atom is 0.244 e. The fourth-order valence-electron chi connectivity index (χ4n) is 4.22. The molecule has 0 radical (unpaired) electrons. The van der Waals surface area contributed by atoms with Crippen LogP contribution < -0.4 is 14.8 Å². The smallest absolute Gasteiger partial charge is 0.244 e. The number of ether oxygens (including phenoxy) is 2. The molecule has 2 aromatic carbocycles. The van der Waals surface area contributed by atoms with E-state index in [0.29, 0.717) is 0 Å². The summed E-state index contributed by atoms with van der Waals surface area (Å²) in [7, 11) is 3.31. The minimum atomic E-state index is -0.0671. The third kappa shape index (κ3) is 9.26. The van der Waals surface area contributed by atoms with Gasteiger partial charge < -0.3 is 14.8 Å². The number of aromatic nitrogens is 1. The van der Waals surface area contributed by atoms with Gasteiger partial charge >= 0.3 is 0 Å². The van der Waals surface area contributed by atoms with Gasteiger partial charge in [0.2, 0.25) is 5.91 Å². The van der Waals surface area contributed by atoms with Crippen LogP contribution in [-0.4, -0.2) is 31.2 Å². The first-order valence-electron chi connectivity index (χ1n) is 13.0. The highest BCUT2D eigenvalue weighted by Crippen LogP contribution is 2.27. The molecule has 1 heterocycles. The molecule has 0 spiro atoms. The zero-order valence-corrected chi connectivity index (χ0v) is 22.2. The van der Waals surface area contributed by atoms with Crippen LogP contribution in [0.25, 0.3) is 5.57 Å². The predicted octanol–water partition coefficient (Wildman–Crippen LogP) is 6.78. The van der Waals surface area contributed by atoms with E-state index >= 15 is 0 Å². The highest BCUT2D eigenvalue weighted by molar-refractivity contribution is 5.89. The number of unbranched alkanes of at least 4 members (excludes halogenated alkanes) is 1. The van der Waals surface area contributed by atoms with Crippen molar-refractivity contribution in [3.63, 3.8) is 0 Å². The zero-order valence-electron chi connectivity index (χ0n) is 22.2. The van der Waals surface area contributed by atoms with Gasteiger partial charge in [-0.05, 0) is 78.3 Å². The number of methoxy groups -OCH3 is 2. The summed E-state index contributed by atoms with van der Waals surface area (Å²) >= 11 is 0. The number of nitrogens with one attached hydrogen (secondary N) is 1. The Balaban J connectivity index is 1.69. The number of carbonyl (C=O) groups excluding carboxylic acids is 1. The maximum atomic E-state index is 12.8. The molecule has 0 unspecified atom stereocenters. The molecule has 1 amide bonds. The van der Waals surface area contributed by atoms with Gasteiger partial charge in [0.15, 0.2) is 0 Å². The lowest BCUT2D eigenvalue weighted by Gasteiger charge is -2.17. The Morgan fingerprint density at radius 3 is 2.08 bits per heavy atom. The summed E-state index contributed by atoms with van der Waals surface area (Å²) in [6, 6.07) is 20.1. The SMILES string of the molecule is CCCC[C@H](CCCc1cccnc1)NC(=O)C=CC=C(c1ccc(OC)cc1)c1ccc(OC)cc1. The topological polar surface area (TPSA) is 60.5 Å². The minimum Gasteiger partial charge on any atom is -0.497 e. The molecule has 3 rings (SSSR count). The van der Waals surface area contributed by atoms with Crippen molar-refractivity contribution in [2.45, 2.75) is 51.5 Å². The lowest BCUT2D eigenvalue weighted by Crippen LogP contribution is -2.33. The van der Waals surface area contributed by atoms with Gasteiger partial charge in [-0.15, -0.1) is 0 Å². The van der Waals surface area contributed by atoms with Crippen molar-refractivity contribution in [2.75, 3.05) is 14.2 Å². The van der Waals surface area contributed by atoms with Crippen LogP contribution in [0.1, 0.15) is 55.7 Å². The van der Waals surface area contributed by atoms with Gasteiger partial charge in [-0.2, -0.15) is 0 Å². The molecule has 0 aliphatic rings. The molecule has 0 aliphatic heterocycles. The summed E-state index contributed by atoms with van der Waals surface area (Å²) in [4.78, 5) is 17.0. The highest BCUT2D eigenvalue weighted by atomic mass is 16.5. The van der Waals surface area contributed by atoms with E-state index in [2.05, 4.69) is 23.3 Å². The van der Waals surface area contributed by atoms with E-state index in [4.69, 9.17) is 9.47 Å². The van der Waals surface area contributed by atoms with Crippen LogP contribution in [0.4, 0.5) is 0 Å².